The maximum Gasteiger partial charge on any atom is 0.137 e. The standard InChI is InChI=1S/C60H55F3N4O/c1-35(2)49-27-40(58-51(62)30-42(61)31-52(58)63)28-50(36(3)4)59(49)66-34-65(54-16-12-13-17-55(54)66)43-25-39(46-20-18-37(5)24-38(46)6)26-45(32-43)68-44-19-21-48-47-14-10-11-15-53(47)67(56(48)33-44)57-29-41(22-23-64-57)60(7,8)9/h10-33,35-36H,34H2,1-9H3. The molecule has 0 saturated heterocycles. The van der Waals surface area contributed by atoms with Gasteiger partial charge in [-0.15, -0.1) is 0 Å². The molecule has 1 aliphatic rings. The van der Waals surface area contributed by atoms with Crippen LogP contribution in [0.25, 0.3) is 49.9 Å². The molecule has 9 aromatic rings. The molecule has 0 amide bonds. The van der Waals surface area contributed by atoms with E-state index in [4.69, 9.17) is 9.72 Å². The van der Waals surface area contributed by atoms with Gasteiger partial charge in [-0.25, -0.2) is 18.2 Å². The van der Waals surface area contributed by atoms with Gasteiger partial charge in [-0.05, 0) is 137 Å². The highest BCUT2D eigenvalue weighted by Gasteiger charge is 2.33. The molecule has 0 bridgehead atoms. The number of ether oxygens (including phenoxy) is 1. The lowest BCUT2D eigenvalue weighted by Gasteiger charge is -2.30. The number of hydrogen-bond donors (Lipinski definition) is 0. The Hall–Kier alpha value is -7.32. The van der Waals surface area contributed by atoms with E-state index in [-0.39, 0.29) is 22.8 Å². The van der Waals surface area contributed by atoms with Crippen LogP contribution in [-0.2, 0) is 5.41 Å². The molecule has 1 aliphatic heterocycles. The average Bonchev–Trinajstić information content (AvgIpc) is 3.84. The van der Waals surface area contributed by atoms with Crippen LogP contribution < -0.4 is 14.5 Å². The zero-order chi connectivity index (χ0) is 47.8. The van der Waals surface area contributed by atoms with Crippen molar-refractivity contribution in [2.24, 2.45) is 0 Å². The first kappa shape index (κ1) is 44.5. The van der Waals surface area contributed by atoms with E-state index in [9.17, 15) is 4.39 Å². The van der Waals surface area contributed by atoms with Crippen LogP contribution in [0, 0.1) is 31.3 Å². The molecule has 10 rings (SSSR count). The summed E-state index contributed by atoms with van der Waals surface area (Å²) in [7, 11) is 0. The first-order valence-electron chi connectivity index (χ1n) is 23.4. The summed E-state index contributed by atoms with van der Waals surface area (Å²) >= 11 is 0. The molecule has 7 aromatic carbocycles. The smallest absolute Gasteiger partial charge is 0.137 e. The van der Waals surface area contributed by atoms with Crippen molar-refractivity contribution in [1.82, 2.24) is 9.55 Å². The number of pyridine rings is 1. The monoisotopic (exact) mass is 904 g/mol. The minimum Gasteiger partial charge on any atom is -0.457 e. The Balaban J connectivity index is 1.11. The van der Waals surface area contributed by atoms with Gasteiger partial charge < -0.3 is 14.5 Å². The fourth-order valence-electron chi connectivity index (χ4n) is 9.96. The van der Waals surface area contributed by atoms with Crippen LogP contribution in [0.5, 0.6) is 11.5 Å². The minimum absolute atomic E-state index is 0.0164. The summed E-state index contributed by atoms with van der Waals surface area (Å²) in [6.45, 7) is 19.7. The Morgan fingerprint density at radius 2 is 1.26 bits per heavy atom. The third-order valence-corrected chi connectivity index (χ3v) is 13.3. The number of anilines is 4. The van der Waals surface area contributed by atoms with Gasteiger partial charge in [0.25, 0.3) is 0 Å². The molecule has 68 heavy (non-hydrogen) atoms. The fraction of sp³-hybridized carbons (Fsp3) is 0.217. The van der Waals surface area contributed by atoms with E-state index in [1.165, 1.54) is 11.1 Å². The molecule has 0 saturated carbocycles. The summed E-state index contributed by atoms with van der Waals surface area (Å²) in [5, 5.41) is 2.25. The molecule has 0 unspecified atom stereocenters. The van der Waals surface area contributed by atoms with Crippen molar-refractivity contribution in [3.8, 4) is 39.6 Å². The molecule has 0 aliphatic carbocycles. The van der Waals surface area contributed by atoms with Gasteiger partial charge in [0.1, 0.15) is 41.4 Å². The van der Waals surface area contributed by atoms with E-state index in [1.807, 2.05) is 30.5 Å². The summed E-state index contributed by atoms with van der Waals surface area (Å²) in [6, 6.07) is 45.6. The number of rotatable bonds is 9. The number of hydrogen-bond acceptors (Lipinski definition) is 4. The van der Waals surface area contributed by atoms with Crippen LogP contribution in [0.1, 0.15) is 88.1 Å². The summed E-state index contributed by atoms with van der Waals surface area (Å²) in [4.78, 5) is 9.53. The minimum atomic E-state index is -0.947. The second kappa shape index (κ2) is 17.1. The first-order chi connectivity index (χ1) is 32.5. The van der Waals surface area contributed by atoms with Gasteiger partial charge in [-0.1, -0.05) is 103 Å². The summed E-state index contributed by atoms with van der Waals surface area (Å²) in [6.07, 6.45) is 1.90. The van der Waals surface area contributed by atoms with Gasteiger partial charge in [-0.2, -0.15) is 0 Å². The molecule has 0 fully saturated rings. The number of aryl methyl sites for hydroxylation is 2. The van der Waals surface area contributed by atoms with Crippen LogP contribution in [-0.4, -0.2) is 16.2 Å². The normalized spacial score (nSPS) is 12.9. The molecule has 342 valence electrons. The number of halogens is 3. The molecular weight excluding hydrogens is 850 g/mol. The Kier molecular flexibility index (Phi) is 11.2. The third-order valence-electron chi connectivity index (χ3n) is 13.3. The quantitative estimate of drug-likeness (QED) is 0.144. The second-order valence-corrected chi connectivity index (χ2v) is 19.9. The second-order valence-electron chi connectivity index (χ2n) is 19.9. The van der Waals surface area contributed by atoms with Crippen LogP contribution >= 0.6 is 0 Å². The molecule has 0 N–H and O–H groups in total. The summed E-state index contributed by atoms with van der Waals surface area (Å²) < 4.78 is 54.2. The molecule has 3 heterocycles. The highest BCUT2D eigenvalue weighted by molar-refractivity contribution is 6.09. The van der Waals surface area contributed by atoms with Crippen molar-refractivity contribution >= 4 is 44.6 Å². The van der Waals surface area contributed by atoms with Crippen LogP contribution in [0.15, 0.2) is 146 Å². The van der Waals surface area contributed by atoms with Gasteiger partial charge in [0.15, 0.2) is 0 Å². The molecule has 2 aromatic heterocycles. The average molecular weight is 905 g/mol. The molecular formula is C60H55F3N4O. The maximum atomic E-state index is 15.4. The predicted molar refractivity (Wildman–Crippen MR) is 274 cm³/mol. The van der Waals surface area contributed by atoms with Gasteiger partial charge in [0.2, 0.25) is 0 Å². The van der Waals surface area contributed by atoms with Gasteiger partial charge in [0.05, 0.1) is 28.0 Å². The molecule has 0 spiro atoms. The predicted octanol–water partition coefficient (Wildman–Crippen LogP) is 17.1. The number of fused-ring (bicyclic) bond motifs is 4. The van der Waals surface area contributed by atoms with Crippen molar-refractivity contribution in [2.75, 3.05) is 16.5 Å². The summed E-state index contributed by atoms with van der Waals surface area (Å²) in [5.41, 5.74) is 13.7. The van der Waals surface area contributed by atoms with Crippen LogP contribution in [0.2, 0.25) is 0 Å². The number of aromatic nitrogens is 2. The van der Waals surface area contributed by atoms with Crippen molar-refractivity contribution in [3.63, 3.8) is 0 Å². The highest BCUT2D eigenvalue weighted by atomic mass is 19.1. The Morgan fingerprint density at radius 1 is 0.603 bits per heavy atom. The highest BCUT2D eigenvalue weighted by Crippen LogP contribution is 2.51. The SMILES string of the molecule is Cc1ccc(-c2cc(Oc3ccc4c5ccccc5n(-c5cc(C(C)(C)C)ccn5)c4c3)cc(N3CN(c4c(C(C)C)cc(-c5c(F)cc(F)cc5F)cc4C(C)C)c4ccccc43)c2)c(C)c1. The zero-order valence-electron chi connectivity index (χ0n) is 40.0. The van der Waals surface area contributed by atoms with E-state index in [0.717, 1.165) is 90.3 Å². The van der Waals surface area contributed by atoms with E-state index < -0.39 is 17.5 Å². The van der Waals surface area contributed by atoms with Gasteiger partial charge in [-0.3, -0.25) is 4.57 Å². The van der Waals surface area contributed by atoms with E-state index in [2.05, 4.69) is 180 Å². The van der Waals surface area contributed by atoms with Crippen molar-refractivity contribution in [3.05, 3.63) is 191 Å². The molecule has 8 heteroatoms. The Labute approximate surface area is 397 Å². The summed E-state index contributed by atoms with van der Waals surface area (Å²) in [5.74, 6) is -0.608. The number of para-hydroxylation sites is 3. The Morgan fingerprint density at radius 3 is 1.94 bits per heavy atom. The fourth-order valence-corrected chi connectivity index (χ4v) is 9.96. The zero-order valence-corrected chi connectivity index (χ0v) is 40.0. The van der Waals surface area contributed by atoms with Gasteiger partial charge in [0, 0.05) is 52.6 Å². The van der Waals surface area contributed by atoms with Crippen molar-refractivity contribution in [1.29, 1.82) is 0 Å². The lowest BCUT2D eigenvalue weighted by molar-refractivity contribution is 0.483. The van der Waals surface area contributed by atoms with Crippen LogP contribution in [0.4, 0.5) is 35.9 Å². The lowest BCUT2D eigenvalue weighted by atomic mass is 9.87. The Bertz CT molecular complexity index is 3380. The van der Waals surface area contributed by atoms with E-state index >= 15 is 8.78 Å². The van der Waals surface area contributed by atoms with Crippen LogP contribution in [0.3, 0.4) is 0 Å². The third kappa shape index (κ3) is 7.95. The first-order valence-corrected chi connectivity index (χ1v) is 23.4. The number of nitrogens with zero attached hydrogens (tertiary/aromatic N) is 4. The molecule has 0 radical (unpaired) electrons. The molecule has 5 nitrogen and oxygen atoms in total. The maximum absolute atomic E-state index is 15.4. The van der Waals surface area contributed by atoms with E-state index in [0.29, 0.717) is 23.7 Å². The lowest BCUT2D eigenvalue weighted by Crippen LogP contribution is -2.26. The largest absolute Gasteiger partial charge is 0.457 e. The van der Waals surface area contributed by atoms with Gasteiger partial charge >= 0.3 is 0 Å². The topological polar surface area (TPSA) is 33.5 Å². The number of benzene rings is 7. The van der Waals surface area contributed by atoms with E-state index in [1.54, 1.807) is 0 Å². The van der Waals surface area contributed by atoms with Crippen molar-refractivity contribution in [2.45, 2.75) is 79.6 Å². The van der Waals surface area contributed by atoms with Crippen molar-refractivity contribution < 1.29 is 17.9 Å². The molecule has 0 atom stereocenters.